The first-order chi connectivity index (χ1) is 12.1. The average Bonchev–Trinajstić information content (AvgIpc) is 2.63. The number of halogens is 2. The molecule has 0 saturated heterocycles. The van der Waals surface area contributed by atoms with Gasteiger partial charge in [0.1, 0.15) is 12.4 Å². The third-order valence-corrected chi connectivity index (χ3v) is 4.14. The number of amides is 2. The molecule has 2 N–H and O–H groups in total. The molecule has 0 bridgehead atoms. The highest BCUT2D eigenvalue weighted by Crippen LogP contribution is 2.16. The van der Waals surface area contributed by atoms with E-state index in [1.165, 1.54) is 0 Å². The van der Waals surface area contributed by atoms with Gasteiger partial charge in [-0.25, -0.2) is 13.6 Å². The standard InChI is InChI=1S/C18H20F2N2O2S/c19-17(20)13-24-15-6-4-5-14(11-15)12-22-18(23)21-9-10-25-16-7-2-1-3-8-16/h1-8,11,17H,9-10,12-13H2,(H2,21,22,23). The van der Waals surface area contributed by atoms with Crippen molar-refractivity contribution in [2.75, 3.05) is 18.9 Å². The lowest BCUT2D eigenvalue weighted by molar-refractivity contribution is 0.0818. The van der Waals surface area contributed by atoms with Crippen molar-refractivity contribution in [3.05, 3.63) is 60.2 Å². The van der Waals surface area contributed by atoms with Crippen LogP contribution in [-0.2, 0) is 6.54 Å². The van der Waals surface area contributed by atoms with E-state index in [1.807, 2.05) is 30.3 Å². The zero-order valence-corrected chi connectivity index (χ0v) is 14.4. The van der Waals surface area contributed by atoms with Gasteiger partial charge in [0, 0.05) is 23.7 Å². The van der Waals surface area contributed by atoms with Gasteiger partial charge in [0.25, 0.3) is 6.43 Å². The summed E-state index contributed by atoms with van der Waals surface area (Å²) >= 11 is 1.67. The van der Waals surface area contributed by atoms with Crippen LogP contribution in [0.25, 0.3) is 0 Å². The normalized spacial score (nSPS) is 10.5. The van der Waals surface area contributed by atoms with Gasteiger partial charge in [0.15, 0.2) is 0 Å². The molecule has 0 aliphatic carbocycles. The molecule has 7 heteroatoms. The van der Waals surface area contributed by atoms with Gasteiger partial charge in [0.2, 0.25) is 0 Å². The maximum Gasteiger partial charge on any atom is 0.315 e. The summed E-state index contributed by atoms with van der Waals surface area (Å²) in [5.74, 6) is 1.13. The number of benzene rings is 2. The van der Waals surface area contributed by atoms with E-state index in [0.29, 0.717) is 18.8 Å². The number of carbonyl (C=O) groups excluding carboxylic acids is 1. The molecule has 134 valence electrons. The van der Waals surface area contributed by atoms with E-state index >= 15 is 0 Å². The lowest BCUT2D eigenvalue weighted by Gasteiger charge is -2.10. The summed E-state index contributed by atoms with van der Waals surface area (Å²) in [7, 11) is 0. The second-order valence-corrected chi connectivity index (χ2v) is 6.29. The Labute approximate surface area is 150 Å². The quantitative estimate of drug-likeness (QED) is 0.522. The zero-order chi connectivity index (χ0) is 17.9. The number of carbonyl (C=O) groups is 1. The summed E-state index contributed by atoms with van der Waals surface area (Å²) in [5.41, 5.74) is 0.778. The highest BCUT2D eigenvalue weighted by molar-refractivity contribution is 7.99. The fourth-order valence-corrected chi connectivity index (χ4v) is 2.79. The minimum absolute atomic E-state index is 0.271. The third kappa shape index (κ3) is 7.89. The van der Waals surface area contributed by atoms with Gasteiger partial charge in [-0.15, -0.1) is 11.8 Å². The molecule has 0 spiro atoms. The Morgan fingerprint density at radius 1 is 1.08 bits per heavy atom. The fourth-order valence-electron chi connectivity index (χ4n) is 2.00. The molecule has 2 rings (SSSR count). The minimum atomic E-state index is -2.51. The predicted octanol–water partition coefficient (Wildman–Crippen LogP) is 3.92. The maximum atomic E-state index is 12.1. The Morgan fingerprint density at radius 3 is 2.64 bits per heavy atom. The van der Waals surface area contributed by atoms with Gasteiger partial charge in [-0.2, -0.15) is 0 Å². The van der Waals surface area contributed by atoms with E-state index in [2.05, 4.69) is 10.6 Å². The average molecular weight is 366 g/mol. The fraction of sp³-hybridized carbons (Fsp3) is 0.278. The molecule has 0 aliphatic rings. The van der Waals surface area contributed by atoms with E-state index in [9.17, 15) is 13.6 Å². The molecule has 0 radical (unpaired) electrons. The molecule has 0 atom stereocenters. The number of hydrogen-bond acceptors (Lipinski definition) is 3. The number of hydrogen-bond donors (Lipinski definition) is 2. The maximum absolute atomic E-state index is 12.1. The van der Waals surface area contributed by atoms with Crippen LogP contribution in [-0.4, -0.2) is 31.4 Å². The van der Waals surface area contributed by atoms with Crippen molar-refractivity contribution in [2.45, 2.75) is 17.9 Å². The van der Waals surface area contributed by atoms with Crippen LogP contribution in [0, 0.1) is 0 Å². The summed E-state index contributed by atoms with van der Waals surface area (Å²) in [6, 6.07) is 16.4. The van der Waals surface area contributed by atoms with Crippen LogP contribution < -0.4 is 15.4 Å². The Balaban J connectivity index is 1.65. The Morgan fingerprint density at radius 2 is 1.88 bits per heavy atom. The van der Waals surface area contributed by atoms with E-state index in [1.54, 1.807) is 36.0 Å². The smallest absolute Gasteiger partial charge is 0.315 e. The lowest BCUT2D eigenvalue weighted by Crippen LogP contribution is -2.36. The molecular formula is C18H20F2N2O2S. The van der Waals surface area contributed by atoms with Crippen molar-refractivity contribution in [1.82, 2.24) is 10.6 Å². The van der Waals surface area contributed by atoms with E-state index < -0.39 is 13.0 Å². The topological polar surface area (TPSA) is 50.4 Å². The summed E-state index contributed by atoms with van der Waals surface area (Å²) in [5, 5.41) is 5.50. The van der Waals surface area contributed by atoms with Crippen molar-refractivity contribution in [3.8, 4) is 5.75 Å². The predicted molar refractivity (Wildman–Crippen MR) is 95.3 cm³/mol. The van der Waals surface area contributed by atoms with Gasteiger partial charge in [-0.1, -0.05) is 30.3 Å². The molecule has 0 heterocycles. The van der Waals surface area contributed by atoms with Crippen molar-refractivity contribution >= 4 is 17.8 Å². The number of rotatable bonds is 9. The summed E-state index contributed by atoms with van der Waals surface area (Å²) < 4.78 is 29.2. The second kappa shape index (κ2) is 10.6. The molecule has 2 amide bonds. The SMILES string of the molecule is O=C(NCCSc1ccccc1)NCc1cccc(OCC(F)F)c1. The van der Waals surface area contributed by atoms with Crippen LogP contribution >= 0.6 is 11.8 Å². The van der Waals surface area contributed by atoms with Crippen molar-refractivity contribution in [3.63, 3.8) is 0 Å². The van der Waals surface area contributed by atoms with Gasteiger partial charge >= 0.3 is 6.03 Å². The molecule has 25 heavy (non-hydrogen) atoms. The van der Waals surface area contributed by atoms with Crippen molar-refractivity contribution < 1.29 is 18.3 Å². The number of alkyl halides is 2. The number of thioether (sulfide) groups is 1. The first-order valence-electron chi connectivity index (χ1n) is 7.83. The molecule has 2 aromatic rings. The first-order valence-corrected chi connectivity index (χ1v) is 8.81. The summed E-state index contributed by atoms with van der Waals surface area (Å²) in [4.78, 5) is 12.9. The van der Waals surface area contributed by atoms with Crippen LogP contribution in [0.15, 0.2) is 59.5 Å². The minimum Gasteiger partial charge on any atom is -0.488 e. The summed E-state index contributed by atoms with van der Waals surface area (Å²) in [6.07, 6.45) is -2.51. The van der Waals surface area contributed by atoms with Crippen LogP contribution in [0.1, 0.15) is 5.56 Å². The van der Waals surface area contributed by atoms with Gasteiger partial charge in [-0.05, 0) is 29.8 Å². The Hall–Kier alpha value is -2.28. The van der Waals surface area contributed by atoms with E-state index in [4.69, 9.17) is 4.74 Å². The molecule has 4 nitrogen and oxygen atoms in total. The molecule has 0 fully saturated rings. The van der Waals surface area contributed by atoms with Crippen molar-refractivity contribution in [2.24, 2.45) is 0 Å². The van der Waals surface area contributed by atoms with Gasteiger partial charge < -0.3 is 15.4 Å². The van der Waals surface area contributed by atoms with Crippen LogP contribution in [0.5, 0.6) is 5.75 Å². The second-order valence-electron chi connectivity index (χ2n) is 5.12. The largest absolute Gasteiger partial charge is 0.488 e. The molecule has 2 aromatic carbocycles. The molecule has 0 aromatic heterocycles. The number of ether oxygens (including phenoxy) is 1. The van der Waals surface area contributed by atoms with Gasteiger partial charge in [-0.3, -0.25) is 0 Å². The van der Waals surface area contributed by atoms with E-state index in [-0.39, 0.29) is 6.03 Å². The third-order valence-electron chi connectivity index (χ3n) is 3.13. The highest BCUT2D eigenvalue weighted by Gasteiger charge is 2.05. The van der Waals surface area contributed by atoms with E-state index in [0.717, 1.165) is 16.2 Å². The number of urea groups is 1. The number of nitrogens with one attached hydrogen (secondary N) is 2. The zero-order valence-electron chi connectivity index (χ0n) is 13.6. The molecule has 0 unspecified atom stereocenters. The molecule has 0 saturated carbocycles. The molecular weight excluding hydrogens is 346 g/mol. The highest BCUT2D eigenvalue weighted by atomic mass is 32.2. The van der Waals surface area contributed by atoms with Crippen LogP contribution in [0.2, 0.25) is 0 Å². The molecule has 0 aliphatic heterocycles. The summed E-state index contributed by atoms with van der Waals surface area (Å²) in [6.45, 7) is 0.197. The first kappa shape index (κ1) is 19.1. The van der Waals surface area contributed by atoms with Crippen molar-refractivity contribution in [1.29, 1.82) is 0 Å². The monoisotopic (exact) mass is 366 g/mol. The Bertz CT molecular complexity index is 657. The van der Waals surface area contributed by atoms with Gasteiger partial charge in [0.05, 0.1) is 0 Å². The van der Waals surface area contributed by atoms with Crippen LogP contribution in [0.4, 0.5) is 13.6 Å². The van der Waals surface area contributed by atoms with Crippen LogP contribution in [0.3, 0.4) is 0 Å². The Kier molecular flexibility index (Phi) is 8.04. The lowest BCUT2D eigenvalue weighted by atomic mass is 10.2.